The van der Waals surface area contributed by atoms with Gasteiger partial charge in [0.2, 0.25) is 0 Å². The fourth-order valence-electron chi connectivity index (χ4n) is 7.92. The maximum absolute atomic E-state index is 5.38. The van der Waals surface area contributed by atoms with Gasteiger partial charge in [0, 0.05) is 33.1 Å². The third-order valence-electron chi connectivity index (χ3n) is 10.6. The number of fused-ring (bicyclic) bond motifs is 6. The second kappa shape index (κ2) is 11.3. The number of hydrogen-bond donors (Lipinski definition) is 0. The molecule has 0 fully saturated rings. The van der Waals surface area contributed by atoms with E-state index in [2.05, 4.69) is 172 Å². The average molecular weight is 652 g/mol. The Bertz CT molecular complexity index is 2740. The van der Waals surface area contributed by atoms with E-state index < -0.39 is 0 Å². The van der Waals surface area contributed by atoms with Crippen molar-refractivity contribution in [3.8, 4) is 56.3 Å². The molecule has 1 aliphatic carbocycles. The van der Waals surface area contributed by atoms with Crippen LogP contribution < -0.4 is 0 Å². The van der Waals surface area contributed by atoms with Crippen molar-refractivity contribution in [1.82, 2.24) is 15.0 Å². The van der Waals surface area contributed by atoms with Crippen molar-refractivity contribution in [3.63, 3.8) is 0 Å². The highest BCUT2D eigenvalue weighted by molar-refractivity contribution is 6.01. The second-order valence-electron chi connectivity index (χ2n) is 14.1. The van der Waals surface area contributed by atoms with E-state index in [4.69, 9.17) is 15.0 Å². The number of rotatable bonds is 4. The van der Waals surface area contributed by atoms with Crippen molar-refractivity contribution in [2.24, 2.45) is 0 Å². The number of aromatic nitrogens is 3. The molecular weight excluding hydrogens is 619 g/mol. The average Bonchev–Trinajstić information content (AvgIpc) is 3.41. The third kappa shape index (κ3) is 4.85. The molecule has 1 aliphatic rings. The Balaban J connectivity index is 1.27. The highest BCUT2D eigenvalue weighted by Crippen LogP contribution is 2.50. The molecule has 0 unspecified atom stereocenters. The first-order valence-corrected chi connectivity index (χ1v) is 17.5. The Hall–Kier alpha value is -6.45. The molecule has 3 nitrogen and oxygen atoms in total. The predicted molar refractivity (Wildman–Crippen MR) is 212 cm³/mol. The van der Waals surface area contributed by atoms with Gasteiger partial charge in [0.15, 0.2) is 5.82 Å². The van der Waals surface area contributed by atoms with Crippen molar-refractivity contribution in [2.75, 3.05) is 0 Å². The predicted octanol–water partition coefficient (Wildman–Crippen LogP) is 12.3. The molecule has 0 amide bonds. The molecule has 0 spiro atoms. The van der Waals surface area contributed by atoms with Crippen molar-refractivity contribution < 1.29 is 0 Å². The van der Waals surface area contributed by atoms with E-state index in [9.17, 15) is 0 Å². The Morgan fingerprint density at radius 2 is 0.941 bits per heavy atom. The summed E-state index contributed by atoms with van der Waals surface area (Å²) < 4.78 is 0. The zero-order valence-corrected chi connectivity index (χ0v) is 28.4. The zero-order chi connectivity index (χ0) is 34.1. The van der Waals surface area contributed by atoms with E-state index in [1.807, 2.05) is 6.07 Å². The molecule has 0 radical (unpaired) electrons. The van der Waals surface area contributed by atoms with Crippen LogP contribution in [0.1, 0.15) is 25.0 Å². The zero-order valence-electron chi connectivity index (χ0n) is 28.4. The molecule has 0 aliphatic heterocycles. The lowest BCUT2D eigenvalue weighted by Gasteiger charge is -2.22. The molecule has 9 aromatic rings. The monoisotopic (exact) mass is 651 g/mol. The number of nitrogens with zero attached hydrogens (tertiary/aromatic N) is 3. The fraction of sp³-hybridized carbons (Fsp3) is 0.0625. The van der Waals surface area contributed by atoms with E-state index in [1.54, 1.807) is 0 Å². The summed E-state index contributed by atoms with van der Waals surface area (Å²) in [6.07, 6.45) is 0. The van der Waals surface area contributed by atoms with Crippen molar-refractivity contribution in [3.05, 3.63) is 175 Å². The van der Waals surface area contributed by atoms with Crippen molar-refractivity contribution in [2.45, 2.75) is 19.3 Å². The second-order valence-corrected chi connectivity index (χ2v) is 14.1. The highest BCUT2D eigenvalue weighted by atomic mass is 14.9. The van der Waals surface area contributed by atoms with Crippen LogP contribution in [-0.4, -0.2) is 15.0 Å². The molecule has 3 heteroatoms. The van der Waals surface area contributed by atoms with Gasteiger partial charge in [-0.3, -0.25) is 0 Å². The van der Waals surface area contributed by atoms with Crippen LogP contribution in [0.3, 0.4) is 0 Å². The number of pyridine rings is 1. The lowest BCUT2D eigenvalue weighted by Crippen LogP contribution is -2.14. The van der Waals surface area contributed by atoms with Crippen LogP contribution in [0, 0.1) is 0 Å². The minimum Gasteiger partial charge on any atom is -0.248 e. The van der Waals surface area contributed by atoms with E-state index in [0.29, 0.717) is 5.82 Å². The van der Waals surface area contributed by atoms with E-state index in [-0.39, 0.29) is 5.41 Å². The van der Waals surface area contributed by atoms with Crippen LogP contribution in [-0.2, 0) is 5.41 Å². The lowest BCUT2D eigenvalue weighted by atomic mass is 9.82. The Morgan fingerprint density at radius 1 is 0.373 bits per heavy atom. The van der Waals surface area contributed by atoms with Crippen LogP contribution in [0.25, 0.3) is 88.7 Å². The van der Waals surface area contributed by atoms with Gasteiger partial charge in [-0.1, -0.05) is 141 Å². The molecule has 2 heterocycles. The van der Waals surface area contributed by atoms with E-state index in [1.165, 1.54) is 43.8 Å². The van der Waals surface area contributed by atoms with Crippen molar-refractivity contribution in [1.29, 1.82) is 0 Å². The summed E-state index contributed by atoms with van der Waals surface area (Å²) in [7, 11) is 0. The van der Waals surface area contributed by atoms with Gasteiger partial charge in [0.25, 0.3) is 0 Å². The summed E-state index contributed by atoms with van der Waals surface area (Å²) in [5.41, 5.74) is 12.8. The van der Waals surface area contributed by atoms with Crippen LogP contribution in [0.2, 0.25) is 0 Å². The standard InChI is InChI=1S/C48H33N3/c1-48(2)41-19-11-10-18-37(41)38-26-39-40(27-43(32-14-4-3-5-15-32)49-46(39)28-42(38)48)47-50-44(35-22-20-30-12-6-8-16-33(30)24-35)29-45(51-47)36-23-21-31-13-7-9-17-34(31)25-36/h3-29H,1-2H3. The molecule has 0 N–H and O–H groups in total. The lowest BCUT2D eigenvalue weighted by molar-refractivity contribution is 0.661. The summed E-state index contributed by atoms with van der Waals surface area (Å²) in [5.74, 6) is 0.680. The smallest absolute Gasteiger partial charge is 0.161 e. The Morgan fingerprint density at radius 3 is 1.61 bits per heavy atom. The minimum absolute atomic E-state index is 0.138. The van der Waals surface area contributed by atoms with Gasteiger partial charge >= 0.3 is 0 Å². The van der Waals surface area contributed by atoms with Crippen molar-refractivity contribution >= 4 is 32.4 Å². The van der Waals surface area contributed by atoms with E-state index in [0.717, 1.165) is 50.2 Å². The largest absolute Gasteiger partial charge is 0.248 e. The maximum atomic E-state index is 5.38. The molecular formula is C48H33N3. The molecule has 0 atom stereocenters. The molecule has 0 saturated heterocycles. The molecule has 0 bridgehead atoms. The third-order valence-corrected chi connectivity index (χ3v) is 10.6. The molecule has 240 valence electrons. The maximum Gasteiger partial charge on any atom is 0.161 e. The minimum atomic E-state index is -0.138. The van der Waals surface area contributed by atoms with Crippen LogP contribution in [0.5, 0.6) is 0 Å². The summed E-state index contributed by atoms with van der Waals surface area (Å²) in [6.45, 7) is 4.63. The molecule has 2 aromatic heterocycles. The van der Waals surface area contributed by atoms with Gasteiger partial charge in [-0.15, -0.1) is 0 Å². The SMILES string of the molecule is CC1(C)c2ccccc2-c2cc3c(-c4nc(-c5ccc6ccccc6c5)cc(-c5ccc6ccccc6c5)n4)cc(-c4ccccc4)nc3cc21. The topological polar surface area (TPSA) is 38.7 Å². The number of benzene rings is 7. The fourth-order valence-corrected chi connectivity index (χ4v) is 7.92. The summed E-state index contributed by atoms with van der Waals surface area (Å²) in [6, 6.07) is 58.3. The normalized spacial score (nSPS) is 13.1. The van der Waals surface area contributed by atoms with Crippen LogP contribution in [0.15, 0.2) is 164 Å². The first kappa shape index (κ1) is 29.5. The summed E-state index contributed by atoms with van der Waals surface area (Å²) in [4.78, 5) is 16.1. The molecule has 51 heavy (non-hydrogen) atoms. The van der Waals surface area contributed by atoms with Gasteiger partial charge in [0.1, 0.15) is 0 Å². The Labute approximate surface area is 297 Å². The van der Waals surface area contributed by atoms with Gasteiger partial charge in [0.05, 0.1) is 22.6 Å². The molecule has 0 saturated carbocycles. The summed E-state index contributed by atoms with van der Waals surface area (Å²) >= 11 is 0. The van der Waals surface area contributed by atoms with Gasteiger partial charge < -0.3 is 0 Å². The van der Waals surface area contributed by atoms with Gasteiger partial charge in [-0.25, -0.2) is 15.0 Å². The molecule has 7 aromatic carbocycles. The quantitative estimate of drug-likeness (QED) is 0.190. The number of hydrogen-bond acceptors (Lipinski definition) is 3. The molecule has 10 rings (SSSR count). The summed E-state index contributed by atoms with van der Waals surface area (Å²) in [5, 5.41) is 5.81. The highest BCUT2D eigenvalue weighted by Gasteiger charge is 2.36. The first-order valence-electron chi connectivity index (χ1n) is 17.5. The van der Waals surface area contributed by atoms with Gasteiger partial charge in [-0.05, 0) is 80.2 Å². The van der Waals surface area contributed by atoms with E-state index >= 15 is 0 Å². The van der Waals surface area contributed by atoms with Gasteiger partial charge in [-0.2, -0.15) is 0 Å². The van der Waals surface area contributed by atoms with Crippen LogP contribution in [0.4, 0.5) is 0 Å². The first-order chi connectivity index (χ1) is 25.0. The Kier molecular flexibility index (Phi) is 6.53. The van der Waals surface area contributed by atoms with Crippen LogP contribution >= 0.6 is 0 Å².